The first-order valence-corrected chi connectivity index (χ1v) is 7.26. The molecule has 0 unspecified atom stereocenters. The summed E-state index contributed by atoms with van der Waals surface area (Å²) in [6.07, 6.45) is 1.72. The zero-order valence-corrected chi connectivity index (χ0v) is 12.7. The number of carbonyl (C=O) groups excluding carboxylic acids is 1. The van der Waals surface area contributed by atoms with Crippen molar-refractivity contribution >= 4 is 16.8 Å². The lowest BCUT2D eigenvalue weighted by atomic mass is 10.1. The number of aromatic nitrogens is 1. The fraction of sp³-hybridized carbons (Fsp3) is 0.105. The van der Waals surface area contributed by atoms with E-state index in [1.54, 1.807) is 13.3 Å². The average Bonchev–Trinajstić information content (AvgIpc) is 3.03. The van der Waals surface area contributed by atoms with Gasteiger partial charge in [0.05, 0.1) is 24.8 Å². The summed E-state index contributed by atoms with van der Waals surface area (Å²) in [5, 5.41) is 3.72. The van der Waals surface area contributed by atoms with Gasteiger partial charge in [-0.25, -0.2) is 0 Å². The molecule has 1 amide bonds. The van der Waals surface area contributed by atoms with Gasteiger partial charge in [-0.3, -0.25) is 4.79 Å². The molecule has 1 aromatic heterocycles. The molecule has 2 aromatic carbocycles. The first kappa shape index (κ1) is 14.7. The highest BCUT2D eigenvalue weighted by molar-refractivity contribution is 6.06. The molecule has 3 rings (SSSR count). The largest absolute Gasteiger partial charge is 0.495 e. The second-order valence-electron chi connectivity index (χ2n) is 4.93. The smallest absolute Gasteiger partial charge is 0.254 e. The van der Waals surface area contributed by atoms with Gasteiger partial charge >= 0.3 is 0 Å². The summed E-state index contributed by atoms with van der Waals surface area (Å²) >= 11 is 0. The van der Waals surface area contributed by atoms with E-state index in [-0.39, 0.29) is 12.5 Å². The molecule has 0 bridgehead atoms. The van der Waals surface area contributed by atoms with Crippen LogP contribution in [0.15, 0.2) is 54.7 Å². The molecule has 23 heavy (non-hydrogen) atoms. The maximum atomic E-state index is 12.2. The van der Waals surface area contributed by atoms with Gasteiger partial charge in [0.15, 0.2) is 0 Å². The van der Waals surface area contributed by atoms with Crippen LogP contribution in [0.5, 0.6) is 5.75 Å². The first-order valence-electron chi connectivity index (χ1n) is 7.26. The number of carbonyl (C=O) groups is 1. The third-order valence-corrected chi connectivity index (χ3v) is 3.50. The fourth-order valence-electron chi connectivity index (χ4n) is 2.37. The fourth-order valence-corrected chi connectivity index (χ4v) is 2.37. The van der Waals surface area contributed by atoms with Gasteiger partial charge in [-0.1, -0.05) is 42.2 Å². The lowest BCUT2D eigenvalue weighted by Gasteiger charge is -2.01. The molecule has 0 atom stereocenters. The Bertz CT molecular complexity index is 900. The molecule has 0 saturated carbocycles. The third-order valence-electron chi connectivity index (χ3n) is 3.50. The minimum atomic E-state index is -0.142. The van der Waals surface area contributed by atoms with Crippen LogP contribution in [0, 0.1) is 11.8 Å². The van der Waals surface area contributed by atoms with Gasteiger partial charge in [-0.15, -0.1) is 0 Å². The Morgan fingerprint density at radius 3 is 2.83 bits per heavy atom. The van der Waals surface area contributed by atoms with E-state index in [1.807, 2.05) is 48.5 Å². The zero-order valence-electron chi connectivity index (χ0n) is 12.7. The third kappa shape index (κ3) is 3.19. The monoisotopic (exact) mass is 304 g/mol. The molecule has 1 heterocycles. The summed E-state index contributed by atoms with van der Waals surface area (Å²) in [7, 11) is 1.61. The Kier molecular flexibility index (Phi) is 4.30. The summed E-state index contributed by atoms with van der Waals surface area (Å²) in [6, 6.07) is 15.2. The summed E-state index contributed by atoms with van der Waals surface area (Å²) in [4.78, 5) is 15.3. The second kappa shape index (κ2) is 6.71. The molecule has 3 aromatic rings. The van der Waals surface area contributed by atoms with Crippen molar-refractivity contribution in [3.05, 3.63) is 65.9 Å². The van der Waals surface area contributed by atoms with Crippen molar-refractivity contribution in [3.63, 3.8) is 0 Å². The highest BCUT2D eigenvalue weighted by atomic mass is 16.5. The predicted molar refractivity (Wildman–Crippen MR) is 90.5 cm³/mol. The zero-order chi connectivity index (χ0) is 16.1. The number of para-hydroxylation sites is 2. The van der Waals surface area contributed by atoms with Crippen LogP contribution in [0.2, 0.25) is 0 Å². The standard InChI is InChI=1S/C19H16N2O2/c1-23-18-11-5-2-7-14(18)8-6-12-20-19(22)16-13-21-17-10-4-3-9-15(16)17/h2-5,7,9-11,13,21H,12H2,1H3,(H,20,22). The normalized spacial score (nSPS) is 9.96. The van der Waals surface area contributed by atoms with Crippen molar-refractivity contribution in [1.82, 2.24) is 10.3 Å². The number of hydrogen-bond donors (Lipinski definition) is 2. The summed E-state index contributed by atoms with van der Waals surface area (Å²) < 4.78 is 5.24. The van der Waals surface area contributed by atoms with E-state index in [0.717, 1.165) is 22.2 Å². The minimum Gasteiger partial charge on any atom is -0.495 e. The topological polar surface area (TPSA) is 54.1 Å². The van der Waals surface area contributed by atoms with Gasteiger partial charge in [0.1, 0.15) is 5.75 Å². The van der Waals surface area contributed by atoms with E-state index in [0.29, 0.717) is 5.56 Å². The number of hydrogen-bond acceptors (Lipinski definition) is 2. The molecule has 0 aliphatic rings. The number of rotatable bonds is 3. The summed E-state index contributed by atoms with van der Waals surface area (Å²) in [5.74, 6) is 6.53. The molecule has 0 saturated heterocycles. The molecule has 0 spiro atoms. The Balaban J connectivity index is 1.67. The molecule has 0 fully saturated rings. The lowest BCUT2D eigenvalue weighted by Crippen LogP contribution is -2.23. The molecule has 0 radical (unpaired) electrons. The number of aromatic amines is 1. The molecule has 114 valence electrons. The maximum absolute atomic E-state index is 12.2. The van der Waals surface area contributed by atoms with Gasteiger partial charge in [-0.05, 0) is 18.2 Å². The van der Waals surface area contributed by atoms with Gasteiger partial charge in [0, 0.05) is 17.1 Å². The van der Waals surface area contributed by atoms with Crippen LogP contribution >= 0.6 is 0 Å². The SMILES string of the molecule is COc1ccccc1C#CCNC(=O)c1c[nH]c2ccccc12. The highest BCUT2D eigenvalue weighted by Crippen LogP contribution is 2.17. The van der Waals surface area contributed by atoms with E-state index in [9.17, 15) is 4.79 Å². The van der Waals surface area contributed by atoms with Gasteiger partial charge in [-0.2, -0.15) is 0 Å². The lowest BCUT2D eigenvalue weighted by molar-refractivity contribution is 0.0960. The van der Waals surface area contributed by atoms with E-state index < -0.39 is 0 Å². The molecular weight excluding hydrogens is 288 g/mol. The molecule has 0 aliphatic heterocycles. The number of methoxy groups -OCH3 is 1. The van der Waals surface area contributed by atoms with Crippen molar-refractivity contribution in [2.24, 2.45) is 0 Å². The Morgan fingerprint density at radius 2 is 1.96 bits per heavy atom. The Morgan fingerprint density at radius 1 is 1.17 bits per heavy atom. The Hall–Kier alpha value is -3.19. The van der Waals surface area contributed by atoms with Crippen molar-refractivity contribution in [2.45, 2.75) is 0 Å². The average molecular weight is 304 g/mol. The number of fused-ring (bicyclic) bond motifs is 1. The van der Waals surface area contributed by atoms with Crippen molar-refractivity contribution < 1.29 is 9.53 Å². The molecule has 2 N–H and O–H groups in total. The van der Waals surface area contributed by atoms with Crippen LogP contribution in [0.3, 0.4) is 0 Å². The molecule has 0 aliphatic carbocycles. The summed E-state index contributed by atoms with van der Waals surface area (Å²) in [6.45, 7) is 0.274. The minimum absolute atomic E-state index is 0.142. The van der Waals surface area contributed by atoms with Gasteiger partial charge < -0.3 is 15.0 Å². The van der Waals surface area contributed by atoms with Crippen LogP contribution < -0.4 is 10.1 Å². The van der Waals surface area contributed by atoms with Crippen molar-refractivity contribution in [1.29, 1.82) is 0 Å². The van der Waals surface area contributed by atoms with E-state index in [1.165, 1.54) is 0 Å². The van der Waals surface area contributed by atoms with Crippen LogP contribution in [-0.2, 0) is 0 Å². The second-order valence-corrected chi connectivity index (χ2v) is 4.93. The maximum Gasteiger partial charge on any atom is 0.254 e. The van der Waals surface area contributed by atoms with E-state index in [2.05, 4.69) is 22.1 Å². The first-order chi connectivity index (χ1) is 11.3. The number of ether oxygens (including phenoxy) is 1. The predicted octanol–water partition coefficient (Wildman–Crippen LogP) is 2.96. The van der Waals surface area contributed by atoms with Crippen LogP contribution in [0.4, 0.5) is 0 Å². The summed E-state index contributed by atoms with van der Waals surface area (Å²) in [5.41, 5.74) is 2.37. The highest BCUT2D eigenvalue weighted by Gasteiger charge is 2.10. The number of amides is 1. The quantitative estimate of drug-likeness (QED) is 0.731. The van der Waals surface area contributed by atoms with Crippen LogP contribution in [-0.4, -0.2) is 24.5 Å². The van der Waals surface area contributed by atoms with Gasteiger partial charge in [0.25, 0.3) is 5.91 Å². The number of nitrogens with one attached hydrogen (secondary N) is 2. The number of H-pyrrole nitrogens is 1. The van der Waals surface area contributed by atoms with E-state index >= 15 is 0 Å². The van der Waals surface area contributed by atoms with Crippen molar-refractivity contribution in [2.75, 3.05) is 13.7 Å². The van der Waals surface area contributed by atoms with Crippen LogP contribution in [0.1, 0.15) is 15.9 Å². The molecule has 4 nitrogen and oxygen atoms in total. The Labute approximate surface area is 134 Å². The van der Waals surface area contributed by atoms with Crippen LogP contribution in [0.25, 0.3) is 10.9 Å². The molecular formula is C19H16N2O2. The van der Waals surface area contributed by atoms with E-state index in [4.69, 9.17) is 4.74 Å². The van der Waals surface area contributed by atoms with Crippen molar-refractivity contribution in [3.8, 4) is 17.6 Å². The van der Waals surface area contributed by atoms with Gasteiger partial charge in [0.2, 0.25) is 0 Å². The number of benzene rings is 2. The molecule has 4 heteroatoms.